The predicted octanol–water partition coefficient (Wildman–Crippen LogP) is 3.84. The van der Waals surface area contributed by atoms with E-state index in [1.54, 1.807) is 67.8 Å². The van der Waals surface area contributed by atoms with E-state index in [-0.39, 0.29) is 0 Å². The van der Waals surface area contributed by atoms with E-state index >= 15 is 0 Å². The highest BCUT2D eigenvalue weighted by Crippen LogP contribution is 2.30. The fraction of sp³-hybridized carbons (Fsp3) is 0.0909. The van der Waals surface area contributed by atoms with E-state index in [4.69, 9.17) is 4.74 Å². The summed E-state index contributed by atoms with van der Waals surface area (Å²) in [6.07, 6.45) is 1.50. The Morgan fingerprint density at radius 2 is 1.61 bits per heavy atom. The number of nitrogens with zero attached hydrogens (tertiary/aromatic N) is 1. The van der Waals surface area contributed by atoms with Crippen LogP contribution in [-0.4, -0.2) is 24.3 Å². The molecule has 0 atom stereocenters. The smallest absolute Gasteiger partial charge is 0.281 e. The molecular formula is C22H19BrN2O3. The Hall–Kier alpha value is -2.96. The summed E-state index contributed by atoms with van der Waals surface area (Å²) in [7, 11) is 1.59. The van der Waals surface area contributed by atoms with Crippen molar-refractivity contribution in [3.63, 3.8) is 0 Å². The molecule has 0 bridgehead atoms. The second-order valence-electron chi connectivity index (χ2n) is 6.04. The number of hydrogen-bond acceptors (Lipinski definition) is 4. The Morgan fingerprint density at radius 3 is 2.11 bits per heavy atom. The maximum atomic E-state index is 12.9. The normalized spacial score (nSPS) is 11.4. The highest BCUT2D eigenvalue weighted by molar-refractivity contribution is 9.10. The highest BCUT2D eigenvalue weighted by Gasteiger charge is 2.39. The van der Waals surface area contributed by atoms with Gasteiger partial charge in [0, 0.05) is 0 Å². The Balaban J connectivity index is 1.86. The van der Waals surface area contributed by atoms with Crippen LogP contribution in [-0.2, 0) is 10.4 Å². The van der Waals surface area contributed by atoms with Gasteiger partial charge in [0.1, 0.15) is 5.75 Å². The zero-order valence-corrected chi connectivity index (χ0v) is 16.8. The molecule has 3 aromatic carbocycles. The third kappa shape index (κ3) is 4.13. The third-order valence-electron chi connectivity index (χ3n) is 4.27. The maximum absolute atomic E-state index is 12.9. The monoisotopic (exact) mass is 438 g/mol. The number of amides is 1. The van der Waals surface area contributed by atoms with Gasteiger partial charge in [-0.1, -0.05) is 60.7 Å². The average Bonchev–Trinajstić information content (AvgIpc) is 2.74. The molecule has 0 fully saturated rings. The fourth-order valence-corrected chi connectivity index (χ4v) is 3.36. The zero-order valence-electron chi connectivity index (χ0n) is 15.2. The Morgan fingerprint density at radius 1 is 1.04 bits per heavy atom. The van der Waals surface area contributed by atoms with Gasteiger partial charge in [0.15, 0.2) is 5.60 Å². The lowest BCUT2D eigenvalue weighted by molar-refractivity contribution is -0.136. The summed E-state index contributed by atoms with van der Waals surface area (Å²) < 4.78 is 5.96. The minimum absolute atomic E-state index is 0.459. The molecule has 6 heteroatoms. The van der Waals surface area contributed by atoms with Crippen LogP contribution in [0.3, 0.4) is 0 Å². The van der Waals surface area contributed by atoms with Crippen LogP contribution in [0, 0.1) is 0 Å². The minimum Gasteiger partial charge on any atom is -0.496 e. The molecule has 2 N–H and O–H groups in total. The first-order chi connectivity index (χ1) is 13.6. The van der Waals surface area contributed by atoms with Gasteiger partial charge in [-0.25, -0.2) is 5.43 Å². The molecule has 0 unspecified atom stereocenters. The summed E-state index contributed by atoms with van der Waals surface area (Å²) in [5, 5.41) is 15.3. The summed E-state index contributed by atoms with van der Waals surface area (Å²) in [5.74, 6) is 0.0532. The highest BCUT2D eigenvalue weighted by atomic mass is 79.9. The molecule has 1 amide bonds. The number of rotatable bonds is 6. The number of benzene rings is 3. The number of aliphatic hydroxyl groups is 1. The van der Waals surface area contributed by atoms with Gasteiger partial charge < -0.3 is 9.84 Å². The van der Waals surface area contributed by atoms with Crippen LogP contribution >= 0.6 is 15.9 Å². The van der Waals surface area contributed by atoms with Gasteiger partial charge >= 0.3 is 0 Å². The van der Waals surface area contributed by atoms with Crippen molar-refractivity contribution in [1.82, 2.24) is 5.43 Å². The van der Waals surface area contributed by atoms with Crippen LogP contribution in [0.15, 0.2) is 88.4 Å². The Kier molecular flexibility index (Phi) is 6.23. The standard InChI is InChI=1S/C22H19BrN2O3/c1-28-20-13-12-16(14-19(20)23)15-24-25-21(26)22(27,17-8-4-2-5-9-17)18-10-6-3-7-11-18/h2-15,27H,1H3,(H,25,26). The number of carbonyl (C=O) groups is 1. The van der Waals surface area contributed by atoms with Gasteiger partial charge in [0.25, 0.3) is 5.91 Å². The van der Waals surface area contributed by atoms with Crippen molar-refractivity contribution in [3.8, 4) is 5.75 Å². The second kappa shape index (κ2) is 8.82. The summed E-state index contributed by atoms with van der Waals surface area (Å²) in [6.45, 7) is 0. The number of hydrazone groups is 1. The summed E-state index contributed by atoms with van der Waals surface area (Å²) in [5.41, 5.74) is 2.27. The van der Waals surface area contributed by atoms with Crippen LogP contribution in [0.1, 0.15) is 16.7 Å². The molecule has 0 aliphatic rings. The molecule has 0 aliphatic carbocycles. The lowest BCUT2D eigenvalue weighted by atomic mass is 9.85. The van der Waals surface area contributed by atoms with Crippen molar-refractivity contribution in [3.05, 3.63) is 100 Å². The molecule has 3 aromatic rings. The van der Waals surface area contributed by atoms with Crippen LogP contribution in [0.4, 0.5) is 0 Å². The number of halogens is 1. The number of hydrogen-bond donors (Lipinski definition) is 2. The van der Waals surface area contributed by atoms with E-state index in [2.05, 4.69) is 26.5 Å². The van der Waals surface area contributed by atoms with Gasteiger partial charge in [-0.05, 0) is 50.8 Å². The molecule has 0 spiro atoms. The summed E-state index contributed by atoms with van der Waals surface area (Å²) in [4.78, 5) is 12.9. The summed E-state index contributed by atoms with van der Waals surface area (Å²) in [6, 6.07) is 23.0. The van der Waals surface area contributed by atoms with Crippen molar-refractivity contribution in [1.29, 1.82) is 0 Å². The van der Waals surface area contributed by atoms with E-state index in [0.717, 1.165) is 10.0 Å². The molecule has 0 heterocycles. The van der Waals surface area contributed by atoms with Gasteiger partial charge in [-0.3, -0.25) is 4.79 Å². The number of methoxy groups -OCH3 is 1. The maximum Gasteiger partial charge on any atom is 0.281 e. The van der Waals surface area contributed by atoms with E-state index in [1.807, 2.05) is 18.2 Å². The van der Waals surface area contributed by atoms with Gasteiger partial charge in [-0.15, -0.1) is 0 Å². The van der Waals surface area contributed by atoms with Crippen molar-refractivity contribution in [2.24, 2.45) is 5.10 Å². The van der Waals surface area contributed by atoms with Gasteiger partial charge in [-0.2, -0.15) is 5.10 Å². The average molecular weight is 439 g/mol. The van der Waals surface area contributed by atoms with Crippen LogP contribution in [0.5, 0.6) is 5.75 Å². The summed E-state index contributed by atoms with van der Waals surface area (Å²) >= 11 is 3.41. The minimum atomic E-state index is -1.86. The first-order valence-corrected chi connectivity index (χ1v) is 9.35. The van der Waals surface area contributed by atoms with Crippen molar-refractivity contribution in [2.75, 3.05) is 7.11 Å². The first kappa shape index (κ1) is 19.8. The van der Waals surface area contributed by atoms with Gasteiger partial charge in [0.05, 0.1) is 17.8 Å². The number of ether oxygens (including phenoxy) is 1. The van der Waals surface area contributed by atoms with Crippen molar-refractivity contribution >= 4 is 28.1 Å². The van der Waals surface area contributed by atoms with Crippen molar-refractivity contribution in [2.45, 2.75) is 5.60 Å². The lowest BCUT2D eigenvalue weighted by Crippen LogP contribution is -2.43. The third-order valence-corrected chi connectivity index (χ3v) is 4.89. The molecule has 5 nitrogen and oxygen atoms in total. The molecule has 3 rings (SSSR count). The first-order valence-electron chi connectivity index (χ1n) is 8.56. The van der Waals surface area contributed by atoms with Crippen LogP contribution in [0.25, 0.3) is 0 Å². The molecule has 0 aromatic heterocycles. The Labute approximate surface area is 171 Å². The SMILES string of the molecule is COc1ccc(C=NNC(=O)C(O)(c2ccccc2)c2ccccc2)cc1Br. The molecule has 142 valence electrons. The van der Waals surface area contributed by atoms with E-state index in [9.17, 15) is 9.90 Å². The molecule has 0 aliphatic heterocycles. The quantitative estimate of drug-likeness (QED) is 0.453. The van der Waals surface area contributed by atoms with Crippen LogP contribution < -0.4 is 10.2 Å². The van der Waals surface area contributed by atoms with E-state index in [1.165, 1.54) is 6.21 Å². The number of nitrogens with one attached hydrogen (secondary N) is 1. The lowest BCUT2D eigenvalue weighted by Gasteiger charge is -2.27. The molecule has 28 heavy (non-hydrogen) atoms. The number of carbonyl (C=O) groups excluding carboxylic acids is 1. The predicted molar refractivity (Wildman–Crippen MR) is 112 cm³/mol. The molecule has 0 saturated heterocycles. The van der Waals surface area contributed by atoms with E-state index in [0.29, 0.717) is 16.9 Å². The zero-order chi connectivity index (χ0) is 20.0. The molecule has 0 radical (unpaired) electrons. The fourth-order valence-electron chi connectivity index (χ4n) is 2.80. The molecule has 0 saturated carbocycles. The topological polar surface area (TPSA) is 70.9 Å². The largest absolute Gasteiger partial charge is 0.496 e. The molecular weight excluding hydrogens is 420 g/mol. The Bertz CT molecular complexity index is 936. The second-order valence-corrected chi connectivity index (χ2v) is 6.89. The van der Waals surface area contributed by atoms with E-state index < -0.39 is 11.5 Å². The van der Waals surface area contributed by atoms with Gasteiger partial charge in [0.2, 0.25) is 0 Å². The van der Waals surface area contributed by atoms with Crippen LogP contribution in [0.2, 0.25) is 0 Å². The van der Waals surface area contributed by atoms with Crippen molar-refractivity contribution < 1.29 is 14.6 Å².